The average Bonchev–Trinajstić information content (AvgIpc) is 2.56. The maximum absolute atomic E-state index is 5.23. The van der Waals surface area contributed by atoms with Crippen LogP contribution in [-0.4, -0.2) is 15.7 Å². The van der Waals surface area contributed by atoms with Crippen molar-refractivity contribution in [2.24, 2.45) is 5.92 Å². The van der Waals surface area contributed by atoms with Crippen LogP contribution >= 0.6 is 36.0 Å². The van der Waals surface area contributed by atoms with E-state index in [0.29, 0.717) is 5.92 Å². The molecular weight excluding hydrogens is 220 g/mol. The lowest BCUT2D eigenvalue weighted by Crippen LogP contribution is -2.00. The van der Waals surface area contributed by atoms with Crippen LogP contribution in [0.3, 0.4) is 0 Å². The molecule has 0 spiro atoms. The molecule has 0 unspecified atom stereocenters. The second-order valence-electron chi connectivity index (χ2n) is 3.21. The van der Waals surface area contributed by atoms with E-state index in [9.17, 15) is 0 Å². The maximum Gasteiger partial charge on any atom is 0.101 e. The van der Waals surface area contributed by atoms with Crippen molar-refractivity contribution < 1.29 is 4.18 Å². The minimum atomic E-state index is 0.517. The summed E-state index contributed by atoms with van der Waals surface area (Å²) in [7, 11) is 0. The van der Waals surface area contributed by atoms with Gasteiger partial charge in [0.2, 0.25) is 0 Å². The van der Waals surface area contributed by atoms with E-state index in [0.717, 1.165) is 22.1 Å². The Bertz CT molecular complexity index is 211. The van der Waals surface area contributed by atoms with Gasteiger partial charge in [-0.3, -0.25) is 0 Å². The van der Waals surface area contributed by atoms with E-state index >= 15 is 0 Å². The van der Waals surface area contributed by atoms with Crippen molar-refractivity contribution in [3.05, 3.63) is 11.8 Å². The molecule has 0 saturated carbocycles. The highest BCUT2D eigenvalue weighted by Gasteiger charge is 2.08. The van der Waals surface area contributed by atoms with Gasteiger partial charge in [-0.1, -0.05) is 26.1 Å². The number of thioether (sulfide) groups is 1. The summed E-state index contributed by atoms with van der Waals surface area (Å²) in [5.41, 5.74) is 1.39. The van der Waals surface area contributed by atoms with Crippen LogP contribution in [-0.2, 0) is 4.18 Å². The van der Waals surface area contributed by atoms with Gasteiger partial charge in [-0.25, -0.2) is 0 Å². The predicted octanol–water partition coefficient (Wildman–Crippen LogP) is 3.66. The molecule has 1 aliphatic rings. The molecule has 13 heavy (non-hydrogen) atoms. The quantitative estimate of drug-likeness (QED) is 0.542. The summed E-state index contributed by atoms with van der Waals surface area (Å²) in [5.74, 6) is 2.63. The Labute approximate surface area is 93.9 Å². The number of hydrogen-bond acceptors (Lipinski definition) is 4. The van der Waals surface area contributed by atoms with Crippen molar-refractivity contribution in [2.45, 2.75) is 20.3 Å². The normalized spacial score (nSPS) is 15.8. The molecule has 0 radical (unpaired) electrons. The minimum Gasteiger partial charge on any atom is -0.433 e. The zero-order valence-electron chi connectivity index (χ0n) is 7.91. The average molecular weight is 234 g/mol. The molecule has 4 heteroatoms. The first-order valence-electron chi connectivity index (χ1n) is 4.33. The van der Waals surface area contributed by atoms with Crippen LogP contribution in [0, 0.1) is 5.92 Å². The van der Waals surface area contributed by atoms with Crippen molar-refractivity contribution in [2.75, 3.05) is 11.5 Å². The number of rotatable bonds is 4. The van der Waals surface area contributed by atoms with Crippen LogP contribution in [0.1, 0.15) is 20.3 Å². The van der Waals surface area contributed by atoms with Gasteiger partial charge in [-0.05, 0) is 17.9 Å². The molecule has 0 N–H and O–H groups in total. The molecule has 0 bridgehead atoms. The first-order chi connectivity index (χ1) is 6.20. The van der Waals surface area contributed by atoms with Gasteiger partial charge in [0.05, 0.1) is 22.0 Å². The van der Waals surface area contributed by atoms with Gasteiger partial charge in [0, 0.05) is 5.75 Å². The summed E-state index contributed by atoms with van der Waals surface area (Å²) in [4.78, 5) is 0. The van der Waals surface area contributed by atoms with Crippen molar-refractivity contribution >= 4 is 40.2 Å². The highest BCUT2D eigenvalue weighted by Crippen LogP contribution is 2.23. The molecule has 74 valence electrons. The van der Waals surface area contributed by atoms with E-state index in [1.165, 1.54) is 17.6 Å². The van der Waals surface area contributed by atoms with Gasteiger partial charge in [0.25, 0.3) is 0 Å². The lowest BCUT2D eigenvalue weighted by atomic mass is 10.3. The summed E-state index contributed by atoms with van der Waals surface area (Å²) in [5, 5.41) is 0. The Morgan fingerprint density at radius 1 is 1.77 bits per heavy atom. The van der Waals surface area contributed by atoms with Crippen LogP contribution in [0.4, 0.5) is 0 Å². The summed E-state index contributed by atoms with van der Waals surface area (Å²) in [6.07, 6.45) is 2.97. The van der Waals surface area contributed by atoms with Crippen molar-refractivity contribution in [1.29, 1.82) is 0 Å². The zero-order chi connectivity index (χ0) is 9.68. The summed E-state index contributed by atoms with van der Waals surface area (Å²) < 4.78 is 6.19. The molecular formula is C9H14OS3. The van der Waals surface area contributed by atoms with Gasteiger partial charge < -0.3 is 4.18 Å². The fraction of sp³-hybridized carbons (Fsp3) is 0.667. The van der Waals surface area contributed by atoms with E-state index in [1.54, 1.807) is 11.8 Å². The first-order valence-corrected chi connectivity index (χ1v) is 6.63. The Hall–Kier alpha value is 0.330. The monoisotopic (exact) mass is 234 g/mol. The Balaban J connectivity index is 2.10. The minimum absolute atomic E-state index is 0.517. The third-order valence-electron chi connectivity index (χ3n) is 1.67. The largest absolute Gasteiger partial charge is 0.433 e. The molecule has 0 atom stereocenters. The highest BCUT2D eigenvalue weighted by atomic mass is 32.2. The molecule has 0 saturated heterocycles. The summed E-state index contributed by atoms with van der Waals surface area (Å²) in [6.45, 7) is 4.28. The summed E-state index contributed by atoms with van der Waals surface area (Å²) in [6, 6.07) is 0. The van der Waals surface area contributed by atoms with E-state index in [2.05, 4.69) is 13.8 Å². The van der Waals surface area contributed by atoms with Crippen LogP contribution in [0.25, 0.3) is 0 Å². The van der Waals surface area contributed by atoms with Crippen LogP contribution in [0.5, 0.6) is 0 Å². The highest BCUT2D eigenvalue weighted by molar-refractivity contribution is 8.23. The van der Waals surface area contributed by atoms with Gasteiger partial charge in [-0.2, -0.15) is 0 Å². The number of hydrogen-bond donors (Lipinski definition) is 0. The smallest absolute Gasteiger partial charge is 0.101 e. The molecule has 1 aliphatic heterocycles. The molecule has 0 aromatic carbocycles. The Kier molecular flexibility index (Phi) is 5.21. The van der Waals surface area contributed by atoms with E-state index in [-0.39, 0.29) is 0 Å². The molecule has 0 aliphatic carbocycles. The van der Waals surface area contributed by atoms with Crippen LogP contribution in [0.15, 0.2) is 11.8 Å². The van der Waals surface area contributed by atoms with E-state index in [1.807, 2.05) is 6.26 Å². The van der Waals surface area contributed by atoms with Crippen LogP contribution < -0.4 is 0 Å². The third-order valence-corrected chi connectivity index (χ3v) is 4.38. The maximum atomic E-state index is 5.23. The van der Waals surface area contributed by atoms with Crippen molar-refractivity contribution in [3.8, 4) is 0 Å². The standard InChI is InChI=1S/C9H14OS3/c1-7(2)9(11)12-4-3-8-5-10-13-6-8/h5,7H,3-4,6H2,1-2H3. The third kappa shape index (κ3) is 4.38. The summed E-state index contributed by atoms with van der Waals surface area (Å²) >= 11 is 8.53. The van der Waals surface area contributed by atoms with Gasteiger partial charge in [-0.15, -0.1) is 11.8 Å². The molecule has 0 fully saturated rings. The predicted molar refractivity (Wildman–Crippen MR) is 66.1 cm³/mol. The Morgan fingerprint density at radius 2 is 2.54 bits per heavy atom. The van der Waals surface area contributed by atoms with E-state index < -0.39 is 0 Å². The van der Waals surface area contributed by atoms with Crippen molar-refractivity contribution in [1.82, 2.24) is 0 Å². The SMILES string of the molecule is CC(C)C(=S)SCCC1=COSC1. The molecule has 0 amide bonds. The topological polar surface area (TPSA) is 9.23 Å². The lowest BCUT2D eigenvalue weighted by molar-refractivity contribution is 0.574. The molecule has 1 rings (SSSR count). The van der Waals surface area contributed by atoms with Crippen molar-refractivity contribution in [3.63, 3.8) is 0 Å². The molecule has 0 aromatic heterocycles. The second kappa shape index (κ2) is 5.94. The molecule has 1 heterocycles. The van der Waals surface area contributed by atoms with Gasteiger partial charge in [0.15, 0.2) is 0 Å². The second-order valence-corrected chi connectivity index (χ2v) is 5.76. The van der Waals surface area contributed by atoms with E-state index in [4.69, 9.17) is 16.4 Å². The zero-order valence-corrected chi connectivity index (χ0v) is 10.4. The number of thiocarbonyl (C=S) groups is 1. The van der Waals surface area contributed by atoms with Crippen LogP contribution in [0.2, 0.25) is 0 Å². The Morgan fingerprint density at radius 3 is 3.08 bits per heavy atom. The molecule has 1 nitrogen and oxygen atoms in total. The lowest BCUT2D eigenvalue weighted by Gasteiger charge is -2.05. The fourth-order valence-corrected chi connectivity index (χ4v) is 2.61. The van der Waals surface area contributed by atoms with Gasteiger partial charge >= 0.3 is 0 Å². The fourth-order valence-electron chi connectivity index (χ4n) is 0.826. The molecule has 0 aromatic rings. The first kappa shape index (κ1) is 11.4. The van der Waals surface area contributed by atoms with Gasteiger partial charge in [0.1, 0.15) is 6.26 Å².